The van der Waals surface area contributed by atoms with Gasteiger partial charge in [-0.25, -0.2) is 9.78 Å². The predicted molar refractivity (Wildman–Crippen MR) is 73.4 cm³/mol. The van der Waals surface area contributed by atoms with Crippen LogP contribution < -0.4 is 10.5 Å². The number of aromatic nitrogens is 2. The van der Waals surface area contributed by atoms with E-state index in [0.717, 1.165) is 5.69 Å². The lowest BCUT2D eigenvalue weighted by Crippen LogP contribution is -2.10. The van der Waals surface area contributed by atoms with E-state index in [-0.39, 0.29) is 17.1 Å². The Balaban J connectivity index is 2.01. The van der Waals surface area contributed by atoms with E-state index in [1.807, 2.05) is 18.2 Å². The average molecular weight is 273 g/mol. The number of hydrogen-bond acceptors (Lipinski definition) is 6. The van der Waals surface area contributed by atoms with Gasteiger partial charge in [0.2, 0.25) is 5.88 Å². The minimum Gasteiger partial charge on any atom is -0.476 e. The summed E-state index contributed by atoms with van der Waals surface area (Å²) >= 11 is 0. The summed E-state index contributed by atoms with van der Waals surface area (Å²) in [6, 6.07) is 7.16. The number of anilines is 1. The van der Waals surface area contributed by atoms with Crippen LogP contribution in [0.3, 0.4) is 0 Å². The number of nitrogens with two attached hydrogens (primary N) is 1. The third-order valence-corrected chi connectivity index (χ3v) is 2.68. The Morgan fingerprint density at radius 3 is 2.80 bits per heavy atom. The van der Waals surface area contributed by atoms with Crippen LogP contribution in [-0.2, 0) is 11.2 Å². The molecule has 0 saturated heterocycles. The number of methoxy groups -OCH3 is 1. The van der Waals surface area contributed by atoms with E-state index in [0.29, 0.717) is 13.0 Å². The van der Waals surface area contributed by atoms with E-state index in [4.69, 9.17) is 10.5 Å². The minimum absolute atomic E-state index is 0.181. The number of rotatable bonds is 5. The first kappa shape index (κ1) is 13.8. The molecule has 0 bridgehead atoms. The molecule has 0 atom stereocenters. The highest BCUT2D eigenvalue weighted by Gasteiger charge is 2.14. The van der Waals surface area contributed by atoms with Gasteiger partial charge in [0.05, 0.1) is 19.3 Å². The summed E-state index contributed by atoms with van der Waals surface area (Å²) in [4.78, 5) is 19.7. The Bertz CT molecular complexity index is 587. The number of ether oxygens (including phenoxy) is 2. The van der Waals surface area contributed by atoms with Crippen molar-refractivity contribution >= 4 is 11.7 Å². The first-order valence-corrected chi connectivity index (χ1v) is 6.08. The molecule has 0 spiro atoms. The van der Waals surface area contributed by atoms with Crippen LogP contribution in [0.2, 0.25) is 0 Å². The monoisotopic (exact) mass is 273 g/mol. The standard InChI is InChI=1S/C14H15N3O3/c1-19-14(18)11-5-8-17-13(12(11)15)20-9-6-10-4-2-3-7-16-10/h2-5,7-8H,6,9,15H2,1H3. The molecule has 20 heavy (non-hydrogen) atoms. The molecule has 0 saturated carbocycles. The van der Waals surface area contributed by atoms with Crippen molar-refractivity contribution in [2.75, 3.05) is 19.5 Å². The van der Waals surface area contributed by atoms with Crippen molar-refractivity contribution in [2.45, 2.75) is 6.42 Å². The van der Waals surface area contributed by atoms with E-state index in [9.17, 15) is 4.79 Å². The van der Waals surface area contributed by atoms with Gasteiger partial charge in [0.1, 0.15) is 5.69 Å². The lowest BCUT2D eigenvalue weighted by Gasteiger charge is -2.09. The fraction of sp³-hybridized carbons (Fsp3) is 0.214. The van der Waals surface area contributed by atoms with Gasteiger partial charge in [0.15, 0.2) is 0 Å². The molecule has 0 unspecified atom stereocenters. The summed E-state index contributed by atoms with van der Waals surface area (Å²) in [6.07, 6.45) is 3.81. The van der Waals surface area contributed by atoms with E-state index >= 15 is 0 Å². The van der Waals surface area contributed by atoms with E-state index in [2.05, 4.69) is 14.7 Å². The van der Waals surface area contributed by atoms with Gasteiger partial charge in [-0.15, -0.1) is 0 Å². The normalized spacial score (nSPS) is 10.1. The average Bonchev–Trinajstić information content (AvgIpc) is 2.49. The Morgan fingerprint density at radius 2 is 2.10 bits per heavy atom. The second kappa shape index (κ2) is 6.51. The van der Waals surface area contributed by atoms with Crippen molar-refractivity contribution in [2.24, 2.45) is 0 Å². The lowest BCUT2D eigenvalue weighted by molar-refractivity contribution is 0.0601. The van der Waals surface area contributed by atoms with Crippen LogP contribution in [-0.4, -0.2) is 29.7 Å². The second-order valence-corrected chi connectivity index (χ2v) is 3.99. The maximum Gasteiger partial charge on any atom is 0.340 e. The second-order valence-electron chi connectivity index (χ2n) is 3.99. The van der Waals surface area contributed by atoms with Gasteiger partial charge >= 0.3 is 5.97 Å². The van der Waals surface area contributed by atoms with Gasteiger partial charge in [-0.3, -0.25) is 4.98 Å². The molecular formula is C14H15N3O3. The Labute approximate surface area is 116 Å². The fourth-order valence-electron chi connectivity index (χ4n) is 1.66. The van der Waals surface area contributed by atoms with Crippen molar-refractivity contribution in [3.05, 3.63) is 47.9 Å². The van der Waals surface area contributed by atoms with Gasteiger partial charge in [-0.05, 0) is 18.2 Å². The fourth-order valence-corrected chi connectivity index (χ4v) is 1.66. The van der Waals surface area contributed by atoms with Crippen LogP contribution in [0.4, 0.5) is 5.69 Å². The van der Waals surface area contributed by atoms with Crippen LogP contribution in [0, 0.1) is 0 Å². The quantitative estimate of drug-likeness (QED) is 0.830. The first-order valence-electron chi connectivity index (χ1n) is 6.08. The topological polar surface area (TPSA) is 87.3 Å². The van der Waals surface area contributed by atoms with Crippen molar-refractivity contribution in [3.63, 3.8) is 0 Å². The van der Waals surface area contributed by atoms with Crippen molar-refractivity contribution in [3.8, 4) is 5.88 Å². The highest BCUT2D eigenvalue weighted by atomic mass is 16.5. The summed E-state index contributed by atoms with van der Waals surface area (Å²) in [7, 11) is 1.30. The molecule has 2 N–H and O–H groups in total. The molecular weight excluding hydrogens is 258 g/mol. The molecule has 6 heteroatoms. The Hall–Kier alpha value is -2.63. The van der Waals surface area contributed by atoms with Gasteiger partial charge in [0, 0.05) is 24.5 Å². The molecule has 104 valence electrons. The summed E-state index contributed by atoms with van der Waals surface area (Å²) in [5.41, 5.74) is 7.17. The third kappa shape index (κ3) is 3.23. The molecule has 2 heterocycles. The maximum absolute atomic E-state index is 11.5. The third-order valence-electron chi connectivity index (χ3n) is 2.68. The number of esters is 1. The van der Waals surface area contributed by atoms with Crippen LogP contribution >= 0.6 is 0 Å². The molecule has 0 aliphatic rings. The van der Waals surface area contributed by atoms with Crippen molar-refractivity contribution in [1.82, 2.24) is 9.97 Å². The Morgan fingerprint density at radius 1 is 1.25 bits per heavy atom. The van der Waals surface area contributed by atoms with Gasteiger partial charge in [0.25, 0.3) is 0 Å². The van der Waals surface area contributed by atoms with E-state index in [1.165, 1.54) is 19.4 Å². The zero-order valence-corrected chi connectivity index (χ0v) is 11.1. The number of nitrogens with zero attached hydrogens (tertiary/aromatic N) is 2. The van der Waals surface area contributed by atoms with Crippen molar-refractivity contribution < 1.29 is 14.3 Å². The zero-order valence-electron chi connectivity index (χ0n) is 11.1. The largest absolute Gasteiger partial charge is 0.476 e. The Kier molecular flexibility index (Phi) is 4.49. The lowest BCUT2D eigenvalue weighted by atomic mass is 10.2. The number of carbonyl (C=O) groups is 1. The number of pyridine rings is 2. The summed E-state index contributed by atoms with van der Waals surface area (Å²) < 4.78 is 10.1. The SMILES string of the molecule is COC(=O)c1ccnc(OCCc2ccccn2)c1N. The molecule has 6 nitrogen and oxygen atoms in total. The molecule has 2 aromatic heterocycles. The van der Waals surface area contributed by atoms with Crippen LogP contribution in [0.1, 0.15) is 16.1 Å². The minimum atomic E-state index is -0.514. The predicted octanol–water partition coefficient (Wildman–Crippen LogP) is 1.47. The molecule has 2 rings (SSSR count). The highest BCUT2D eigenvalue weighted by molar-refractivity contribution is 5.95. The van der Waals surface area contributed by atoms with Crippen LogP contribution in [0.15, 0.2) is 36.7 Å². The summed E-state index contributed by atoms with van der Waals surface area (Å²) in [6.45, 7) is 0.374. The van der Waals surface area contributed by atoms with E-state index in [1.54, 1.807) is 6.20 Å². The van der Waals surface area contributed by atoms with Gasteiger partial charge in [-0.1, -0.05) is 6.07 Å². The highest BCUT2D eigenvalue weighted by Crippen LogP contribution is 2.22. The summed E-state index contributed by atoms with van der Waals surface area (Å²) in [5.74, 6) is -0.289. The molecule has 0 radical (unpaired) electrons. The van der Waals surface area contributed by atoms with Crippen LogP contribution in [0.25, 0.3) is 0 Å². The van der Waals surface area contributed by atoms with Gasteiger partial charge in [-0.2, -0.15) is 0 Å². The molecule has 0 aliphatic carbocycles. The summed E-state index contributed by atoms with van der Waals surface area (Å²) in [5, 5.41) is 0. The number of hydrogen-bond donors (Lipinski definition) is 1. The van der Waals surface area contributed by atoms with Crippen molar-refractivity contribution in [1.29, 1.82) is 0 Å². The zero-order chi connectivity index (χ0) is 14.4. The molecule has 0 aromatic carbocycles. The molecule has 2 aromatic rings. The first-order chi connectivity index (χ1) is 9.72. The molecule has 0 aliphatic heterocycles. The maximum atomic E-state index is 11.5. The smallest absolute Gasteiger partial charge is 0.340 e. The number of carbonyl (C=O) groups excluding carboxylic acids is 1. The van der Waals surface area contributed by atoms with E-state index < -0.39 is 5.97 Å². The van der Waals surface area contributed by atoms with Gasteiger partial charge < -0.3 is 15.2 Å². The number of nitrogen functional groups attached to an aromatic ring is 1. The molecule has 0 amide bonds. The molecule has 0 fully saturated rings. The van der Waals surface area contributed by atoms with Crippen LogP contribution in [0.5, 0.6) is 5.88 Å².